The van der Waals surface area contributed by atoms with Gasteiger partial charge < -0.3 is 11.1 Å². The molecule has 17 heavy (non-hydrogen) atoms. The third kappa shape index (κ3) is 3.98. The van der Waals surface area contributed by atoms with Gasteiger partial charge in [-0.25, -0.2) is 0 Å². The van der Waals surface area contributed by atoms with Crippen LogP contribution in [-0.2, 0) is 11.3 Å². The number of rotatable bonds is 4. The van der Waals surface area contributed by atoms with E-state index in [-0.39, 0.29) is 17.3 Å². The lowest BCUT2D eigenvalue weighted by Crippen LogP contribution is -2.46. The van der Waals surface area contributed by atoms with Gasteiger partial charge in [0.1, 0.15) is 6.54 Å². The molecule has 0 unspecified atom stereocenters. The minimum Gasteiger partial charge on any atom is -0.353 e. The van der Waals surface area contributed by atoms with E-state index in [9.17, 15) is 9.59 Å². The minimum atomic E-state index is -0.444. The Morgan fingerprint density at radius 1 is 1.47 bits per heavy atom. The third-order valence-electron chi connectivity index (χ3n) is 2.42. The van der Waals surface area contributed by atoms with Crippen LogP contribution in [0, 0.1) is 13.8 Å². The number of carbonyl (C=O) groups excluding carboxylic acids is 1. The lowest BCUT2D eigenvalue weighted by atomic mass is 10.1. The van der Waals surface area contributed by atoms with Crippen LogP contribution >= 0.6 is 11.3 Å². The number of aryl methyl sites for hydroxylation is 1. The van der Waals surface area contributed by atoms with E-state index in [1.807, 2.05) is 27.7 Å². The van der Waals surface area contributed by atoms with E-state index in [0.717, 1.165) is 21.9 Å². The fourth-order valence-corrected chi connectivity index (χ4v) is 2.13. The van der Waals surface area contributed by atoms with Gasteiger partial charge in [0.15, 0.2) is 0 Å². The van der Waals surface area contributed by atoms with Crippen LogP contribution in [0.2, 0.25) is 0 Å². The maximum Gasteiger partial charge on any atom is 0.308 e. The molecule has 1 rings (SSSR count). The molecule has 1 heterocycles. The van der Waals surface area contributed by atoms with Gasteiger partial charge in [-0.3, -0.25) is 14.2 Å². The molecule has 0 spiro atoms. The molecule has 5 nitrogen and oxygen atoms in total. The number of nitrogens with one attached hydrogen (secondary N) is 1. The largest absolute Gasteiger partial charge is 0.353 e. The van der Waals surface area contributed by atoms with Crippen molar-refractivity contribution in [1.82, 2.24) is 9.88 Å². The number of hydrogen-bond acceptors (Lipinski definition) is 4. The molecule has 0 aliphatic heterocycles. The van der Waals surface area contributed by atoms with E-state index in [1.165, 1.54) is 4.57 Å². The van der Waals surface area contributed by atoms with E-state index < -0.39 is 5.54 Å². The number of amides is 1. The minimum absolute atomic E-state index is 0.0606. The Hall–Kier alpha value is -1.14. The normalized spacial score (nSPS) is 11.6. The third-order valence-corrected chi connectivity index (χ3v) is 3.41. The van der Waals surface area contributed by atoms with Crippen molar-refractivity contribution in [1.29, 1.82) is 0 Å². The first-order valence-corrected chi connectivity index (χ1v) is 6.25. The van der Waals surface area contributed by atoms with Crippen molar-refractivity contribution in [2.75, 3.05) is 6.54 Å². The zero-order chi connectivity index (χ0) is 13.2. The van der Waals surface area contributed by atoms with Crippen LogP contribution < -0.4 is 15.9 Å². The molecule has 0 saturated heterocycles. The highest BCUT2D eigenvalue weighted by Gasteiger charge is 2.14. The van der Waals surface area contributed by atoms with Crippen molar-refractivity contribution >= 4 is 17.2 Å². The van der Waals surface area contributed by atoms with Crippen LogP contribution in [0.25, 0.3) is 0 Å². The van der Waals surface area contributed by atoms with Crippen molar-refractivity contribution in [3.63, 3.8) is 0 Å². The highest BCUT2D eigenvalue weighted by molar-refractivity contribution is 7.09. The highest BCUT2D eigenvalue weighted by Crippen LogP contribution is 2.08. The zero-order valence-electron chi connectivity index (χ0n) is 10.7. The first-order chi connectivity index (χ1) is 7.70. The lowest BCUT2D eigenvalue weighted by Gasteiger charge is -2.19. The Morgan fingerprint density at radius 2 is 2.06 bits per heavy atom. The number of thiazole rings is 1. The van der Waals surface area contributed by atoms with Gasteiger partial charge in [0.25, 0.3) is 0 Å². The molecule has 0 aliphatic rings. The van der Waals surface area contributed by atoms with Gasteiger partial charge in [0.2, 0.25) is 5.91 Å². The van der Waals surface area contributed by atoms with Gasteiger partial charge in [-0.15, -0.1) is 0 Å². The van der Waals surface area contributed by atoms with Crippen molar-refractivity contribution < 1.29 is 4.79 Å². The summed E-state index contributed by atoms with van der Waals surface area (Å²) in [4.78, 5) is 24.1. The van der Waals surface area contributed by atoms with Crippen molar-refractivity contribution in [2.45, 2.75) is 39.8 Å². The molecule has 0 aromatic carbocycles. The van der Waals surface area contributed by atoms with Gasteiger partial charge >= 0.3 is 4.87 Å². The molecule has 96 valence electrons. The smallest absolute Gasteiger partial charge is 0.308 e. The maximum atomic E-state index is 11.7. The number of nitrogens with two attached hydrogens (primary N) is 1. The Balaban J connectivity index is 2.66. The second-order valence-electron chi connectivity index (χ2n) is 4.86. The van der Waals surface area contributed by atoms with Crippen LogP contribution in [0.5, 0.6) is 0 Å². The quantitative estimate of drug-likeness (QED) is 0.818. The van der Waals surface area contributed by atoms with Crippen LogP contribution in [-0.4, -0.2) is 22.6 Å². The predicted molar refractivity (Wildman–Crippen MR) is 69.3 cm³/mol. The standard InChI is InChI=1S/C11H19N3O2S/c1-7-8(2)17-10(16)14(7)5-9(15)13-6-11(3,4)12/h5-6,12H2,1-4H3,(H,13,15). The van der Waals surface area contributed by atoms with E-state index in [4.69, 9.17) is 5.73 Å². The zero-order valence-corrected chi connectivity index (χ0v) is 11.5. The summed E-state index contributed by atoms with van der Waals surface area (Å²) in [5, 5.41) is 2.72. The molecule has 1 amide bonds. The van der Waals surface area contributed by atoms with E-state index in [0.29, 0.717) is 6.54 Å². The van der Waals surface area contributed by atoms with E-state index >= 15 is 0 Å². The van der Waals surface area contributed by atoms with Gasteiger partial charge in [0, 0.05) is 22.7 Å². The second kappa shape index (κ2) is 5.01. The molecule has 0 aliphatic carbocycles. The number of aromatic nitrogens is 1. The van der Waals surface area contributed by atoms with Crippen molar-refractivity contribution in [3.05, 3.63) is 20.2 Å². The van der Waals surface area contributed by atoms with Crippen LogP contribution in [0.3, 0.4) is 0 Å². The van der Waals surface area contributed by atoms with E-state index in [1.54, 1.807) is 0 Å². The molecule has 1 aromatic rings. The molecule has 0 bridgehead atoms. The summed E-state index contributed by atoms with van der Waals surface area (Å²) in [6.45, 7) is 7.83. The second-order valence-corrected chi connectivity index (χ2v) is 6.03. The first kappa shape index (κ1) is 13.9. The summed E-state index contributed by atoms with van der Waals surface area (Å²) in [7, 11) is 0. The van der Waals surface area contributed by atoms with Crippen LogP contribution in [0.15, 0.2) is 4.79 Å². The Labute approximate surface area is 105 Å². The molecule has 0 fully saturated rings. The van der Waals surface area contributed by atoms with Gasteiger partial charge in [-0.2, -0.15) is 0 Å². The van der Waals surface area contributed by atoms with Crippen molar-refractivity contribution in [3.8, 4) is 0 Å². The topological polar surface area (TPSA) is 77.1 Å². The molecule has 3 N–H and O–H groups in total. The van der Waals surface area contributed by atoms with Crippen LogP contribution in [0.4, 0.5) is 0 Å². The number of hydrogen-bond donors (Lipinski definition) is 2. The Morgan fingerprint density at radius 3 is 2.47 bits per heavy atom. The molecule has 0 radical (unpaired) electrons. The fourth-order valence-electron chi connectivity index (χ4n) is 1.30. The fraction of sp³-hybridized carbons (Fsp3) is 0.636. The molecule has 0 atom stereocenters. The van der Waals surface area contributed by atoms with E-state index in [2.05, 4.69) is 5.32 Å². The van der Waals surface area contributed by atoms with Crippen molar-refractivity contribution in [2.24, 2.45) is 5.73 Å². The Kier molecular flexibility index (Phi) is 4.11. The maximum absolute atomic E-state index is 11.7. The highest BCUT2D eigenvalue weighted by atomic mass is 32.1. The lowest BCUT2D eigenvalue weighted by molar-refractivity contribution is -0.121. The summed E-state index contributed by atoms with van der Waals surface area (Å²) >= 11 is 1.16. The average molecular weight is 257 g/mol. The monoisotopic (exact) mass is 257 g/mol. The first-order valence-electron chi connectivity index (χ1n) is 5.43. The van der Waals surface area contributed by atoms with Crippen LogP contribution in [0.1, 0.15) is 24.4 Å². The predicted octanol–water partition coefficient (Wildman–Crippen LogP) is 0.380. The molecular weight excluding hydrogens is 238 g/mol. The Bertz CT molecular complexity index is 468. The van der Waals surface area contributed by atoms with Gasteiger partial charge in [-0.05, 0) is 27.7 Å². The SMILES string of the molecule is Cc1sc(=O)n(CC(=O)NCC(C)(C)N)c1C. The molecular formula is C11H19N3O2S. The summed E-state index contributed by atoms with van der Waals surface area (Å²) < 4.78 is 1.48. The summed E-state index contributed by atoms with van der Waals surface area (Å²) in [5.41, 5.74) is 6.16. The summed E-state index contributed by atoms with van der Waals surface area (Å²) in [6, 6.07) is 0. The number of nitrogens with zero attached hydrogens (tertiary/aromatic N) is 1. The van der Waals surface area contributed by atoms with Gasteiger partial charge in [0.05, 0.1) is 0 Å². The molecule has 0 saturated carbocycles. The summed E-state index contributed by atoms with van der Waals surface area (Å²) in [5.74, 6) is -0.188. The molecule has 6 heteroatoms. The van der Waals surface area contributed by atoms with Gasteiger partial charge in [-0.1, -0.05) is 11.3 Å². The number of carbonyl (C=O) groups is 1. The summed E-state index contributed by atoms with van der Waals surface area (Å²) in [6.07, 6.45) is 0. The average Bonchev–Trinajstić information content (AvgIpc) is 2.41. The molecule has 1 aromatic heterocycles.